The molecule has 0 unspecified atom stereocenters. The van der Waals surface area contributed by atoms with Crippen LogP contribution in [-0.4, -0.2) is 51.2 Å². The minimum atomic E-state index is -1.33. The van der Waals surface area contributed by atoms with Crippen LogP contribution in [0.3, 0.4) is 0 Å². The Bertz CT molecular complexity index is 970. The number of hydrogen-bond acceptors (Lipinski definition) is 4. The summed E-state index contributed by atoms with van der Waals surface area (Å²) in [5.41, 5.74) is 2.77. The SMILES string of the molecule is CC[N+](CC)(CC)c1ccccc1.CC[N+](CC)(CC)c1ccccc1.O=C([O-])c1ccc(C(=O)[O-])cc1. The molecule has 0 aliphatic carbocycles. The van der Waals surface area contributed by atoms with E-state index in [2.05, 4.69) is 102 Å². The molecule has 6 heteroatoms. The molecular formula is C32H44N2O4. The first-order chi connectivity index (χ1) is 18.2. The Hall–Kier alpha value is -3.48. The molecule has 0 heterocycles. The monoisotopic (exact) mass is 520 g/mol. The highest BCUT2D eigenvalue weighted by Gasteiger charge is 2.24. The molecule has 3 rings (SSSR count). The van der Waals surface area contributed by atoms with Crippen LogP contribution in [0.4, 0.5) is 11.4 Å². The van der Waals surface area contributed by atoms with Gasteiger partial charge >= 0.3 is 0 Å². The van der Waals surface area contributed by atoms with E-state index in [0.717, 1.165) is 33.2 Å². The average molecular weight is 521 g/mol. The van der Waals surface area contributed by atoms with E-state index in [1.54, 1.807) is 0 Å². The zero-order valence-electron chi connectivity index (χ0n) is 23.9. The van der Waals surface area contributed by atoms with E-state index in [-0.39, 0.29) is 11.1 Å². The summed E-state index contributed by atoms with van der Waals surface area (Å²) in [6.45, 7) is 20.6. The standard InChI is InChI=1S/2C12H20N.C8H6O4/c2*1-4-13(5-2,6-3)12-10-8-7-9-11-12;9-7(10)5-1-2-6(4-3-5)8(11)12/h2*7-11H,4-6H2,1-3H3;1-4H,(H,9,10)(H,11,12)/q2*+1;/p-2. The fourth-order valence-electron chi connectivity index (χ4n) is 4.67. The van der Waals surface area contributed by atoms with Crippen LogP contribution in [0.15, 0.2) is 84.9 Å². The van der Waals surface area contributed by atoms with Crippen molar-refractivity contribution in [2.24, 2.45) is 0 Å². The summed E-state index contributed by atoms with van der Waals surface area (Å²) in [5.74, 6) is -2.67. The maximum Gasteiger partial charge on any atom is 0.132 e. The zero-order valence-corrected chi connectivity index (χ0v) is 23.9. The van der Waals surface area contributed by atoms with E-state index < -0.39 is 11.9 Å². The molecule has 206 valence electrons. The molecule has 0 amide bonds. The van der Waals surface area contributed by atoms with Crippen molar-refractivity contribution < 1.29 is 19.8 Å². The molecule has 0 radical (unpaired) electrons. The van der Waals surface area contributed by atoms with Crippen LogP contribution in [0.1, 0.15) is 62.3 Å². The summed E-state index contributed by atoms with van der Waals surface area (Å²) in [6, 6.07) is 26.2. The molecule has 38 heavy (non-hydrogen) atoms. The summed E-state index contributed by atoms with van der Waals surface area (Å²) in [7, 11) is 0. The van der Waals surface area contributed by atoms with Crippen molar-refractivity contribution >= 4 is 23.3 Å². The normalized spacial score (nSPS) is 10.9. The molecule has 0 aliphatic heterocycles. The van der Waals surface area contributed by atoms with Crippen LogP contribution in [-0.2, 0) is 0 Å². The van der Waals surface area contributed by atoms with Crippen LogP contribution in [0.5, 0.6) is 0 Å². The molecule has 0 saturated heterocycles. The lowest BCUT2D eigenvalue weighted by molar-refractivity contribution is -0.256. The van der Waals surface area contributed by atoms with Crippen LogP contribution >= 0.6 is 0 Å². The highest BCUT2D eigenvalue weighted by Crippen LogP contribution is 2.22. The number of benzene rings is 3. The molecule has 0 N–H and O–H groups in total. The lowest BCUT2D eigenvalue weighted by Gasteiger charge is -2.35. The van der Waals surface area contributed by atoms with E-state index in [1.165, 1.54) is 50.6 Å². The minimum Gasteiger partial charge on any atom is -0.545 e. The summed E-state index contributed by atoms with van der Waals surface area (Å²) in [5, 5.41) is 20.4. The van der Waals surface area contributed by atoms with Gasteiger partial charge in [0, 0.05) is 0 Å². The van der Waals surface area contributed by atoms with E-state index in [0.29, 0.717) is 0 Å². The quantitative estimate of drug-likeness (QED) is 0.368. The van der Waals surface area contributed by atoms with Crippen LogP contribution in [0, 0.1) is 0 Å². The van der Waals surface area contributed by atoms with Gasteiger partial charge in [0.15, 0.2) is 0 Å². The smallest absolute Gasteiger partial charge is 0.132 e. The van der Waals surface area contributed by atoms with Gasteiger partial charge in [-0.25, -0.2) is 0 Å². The van der Waals surface area contributed by atoms with Gasteiger partial charge in [0.05, 0.1) is 51.2 Å². The van der Waals surface area contributed by atoms with Gasteiger partial charge in [-0.2, -0.15) is 0 Å². The van der Waals surface area contributed by atoms with Crippen molar-refractivity contribution in [3.05, 3.63) is 96.1 Å². The number of carbonyl (C=O) groups excluding carboxylic acids is 2. The van der Waals surface area contributed by atoms with Crippen molar-refractivity contribution in [1.82, 2.24) is 8.97 Å². The predicted molar refractivity (Wildman–Crippen MR) is 155 cm³/mol. The maximum atomic E-state index is 10.2. The highest BCUT2D eigenvalue weighted by atomic mass is 16.4. The van der Waals surface area contributed by atoms with Gasteiger partial charge in [-0.3, -0.25) is 8.97 Å². The molecule has 3 aromatic rings. The van der Waals surface area contributed by atoms with E-state index in [1.807, 2.05) is 0 Å². The summed E-state index contributed by atoms with van der Waals surface area (Å²) in [4.78, 5) is 20.4. The Morgan fingerprint density at radius 2 is 0.711 bits per heavy atom. The molecule has 0 bridgehead atoms. The van der Waals surface area contributed by atoms with Crippen LogP contribution in [0.2, 0.25) is 0 Å². The first-order valence-corrected chi connectivity index (χ1v) is 13.5. The topological polar surface area (TPSA) is 80.3 Å². The Kier molecular flexibility index (Phi) is 14.0. The third kappa shape index (κ3) is 8.82. The van der Waals surface area contributed by atoms with E-state index >= 15 is 0 Å². The second-order valence-corrected chi connectivity index (χ2v) is 9.01. The number of aromatic carboxylic acids is 2. The third-order valence-electron chi connectivity index (χ3n) is 7.60. The van der Waals surface area contributed by atoms with Gasteiger partial charge in [0.1, 0.15) is 11.4 Å². The van der Waals surface area contributed by atoms with Gasteiger partial charge in [0.2, 0.25) is 0 Å². The molecule has 0 fully saturated rings. The zero-order chi connectivity index (χ0) is 28.6. The first-order valence-electron chi connectivity index (χ1n) is 13.5. The summed E-state index contributed by atoms with van der Waals surface area (Å²) < 4.78 is 2.20. The average Bonchev–Trinajstić information content (AvgIpc) is 2.97. The van der Waals surface area contributed by atoms with Gasteiger partial charge < -0.3 is 19.8 Å². The van der Waals surface area contributed by atoms with Crippen molar-refractivity contribution in [2.75, 3.05) is 39.3 Å². The molecule has 6 nitrogen and oxygen atoms in total. The fourth-order valence-corrected chi connectivity index (χ4v) is 4.67. The Labute approximate surface area is 229 Å². The molecule has 0 saturated carbocycles. The molecular weight excluding hydrogens is 476 g/mol. The van der Waals surface area contributed by atoms with Crippen molar-refractivity contribution in [2.45, 2.75) is 41.5 Å². The Morgan fingerprint density at radius 3 is 0.895 bits per heavy atom. The summed E-state index contributed by atoms with van der Waals surface area (Å²) in [6.07, 6.45) is 0. The van der Waals surface area contributed by atoms with E-state index in [9.17, 15) is 19.8 Å². The molecule has 0 aromatic heterocycles. The van der Waals surface area contributed by atoms with Crippen LogP contribution < -0.4 is 19.2 Å². The first kappa shape index (κ1) is 32.5. The number of rotatable bonds is 10. The molecule has 0 atom stereocenters. The van der Waals surface area contributed by atoms with Crippen molar-refractivity contribution in [3.8, 4) is 0 Å². The minimum absolute atomic E-state index is 0.0556. The van der Waals surface area contributed by atoms with Crippen molar-refractivity contribution in [3.63, 3.8) is 0 Å². The van der Waals surface area contributed by atoms with Crippen molar-refractivity contribution in [1.29, 1.82) is 0 Å². The number of para-hydroxylation sites is 2. The number of carbonyl (C=O) groups is 2. The van der Waals surface area contributed by atoms with Gasteiger partial charge in [-0.1, -0.05) is 60.7 Å². The highest BCUT2D eigenvalue weighted by molar-refractivity contribution is 5.89. The second-order valence-electron chi connectivity index (χ2n) is 9.01. The Balaban J connectivity index is 0.000000285. The van der Waals surface area contributed by atoms with Gasteiger partial charge in [-0.05, 0) is 76.9 Å². The largest absolute Gasteiger partial charge is 0.545 e. The lowest BCUT2D eigenvalue weighted by Crippen LogP contribution is -2.48. The number of carboxylic acid groups (broad SMARTS) is 2. The maximum absolute atomic E-state index is 10.2. The van der Waals surface area contributed by atoms with Gasteiger partial charge in [0.25, 0.3) is 0 Å². The molecule has 0 spiro atoms. The third-order valence-corrected chi connectivity index (χ3v) is 7.60. The van der Waals surface area contributed by atoms with Crippen LogP contribution in [0.25, 0.3) is 0 Å². The molecule has 0 aliphatic rings. The molecule has 3 aromatic carbocycles. The number of quaternary nitrogens is 2. The van der Waals surface area contributed by atoms with E-state index in [4.69, 9.17) is 0 Å². The lowest BCUT2D eigenvalue weighted by atomic mass is 10.1. The number of hydrogen-bond donors (Lipinski definition) is 0. The summed E-state index contributed by atoms with van der Waals surface area (Å²) >= 11 is 0. The Morgan fingerprint density at radius 1 is 0.474 bits per heavy atom. The second kappa shape index (κ2) is 16.4. The number of nitrogens with zero attached hydrogens (tertiary/aromatic N) is 2. The fraction of sp³-hybridized carbons (Fsp3) is 0.375. The van der Waals surface area contributed by atoms with Gasteiger partial charge in [-0.15, -0.1) is 0 Å². The number of carboxylic acids is 2. The predicted octanol–water partition coefficient (Wildman–Crippen LogP) is 4.52.